The molecule has 1 N–H and O–H groups in total. The summed E-state index contributed by atoms with van der Waals surface area (Å²) < 4.78 is 0. The largest absolute Gasteiger partial charge is 0.358 e. The number of rotatable bonds is 2. The Bertz CT molecular complexity index is 434. The maximum absolute atomic E-state index is 4.89. The molecule has 0 bridgehead atoms. The second kappa shape index (κ2) is 6.00. The molecular formula is C16H24N2S. The van der Waals surface area contributed by atoms with Gasteiger partial charge in [0.25, 0.3) is 0 Å². The van der Waals surface area contributed by atoms with Crippen molar-refractivity contribution in [3.05, 3.63) is 35.9 Å². The van der Waals surface area contributed by atoms with E-state index in [0.717, 1.165) is 10.9 Å². The molecule has 1 heterocycles. The highest BCUT2D eigenvalue weighted by molar-refractivity contribution is 8.13. The van der Waals surface area contributed by atoms with Crippen LogP contribution in [0.1, 0.15) is 45.7 Å². The number of hydrogen-bond acceptors (Lipinski definition) is 3. The summed E-state index contributed by atoms with van der Waals surface area (Å²) >= 11 is 1.84. The maximum atomic E-state index is 4.89. The Kier molecular flexibility index (Phi) is 4.56. The van der Waals surface area contributed by atoms with E-state index in [1.54, 1.807) is 0 Å². The van der Waals surface area contributed by atoms with Crippen molar-refractivity contribution in [2.75, 3.05) is 5.75 Å². The van der Waals surface area contributed by atoms with Crippen LogP contribution in [0.15, 0.2) is 35.3 Å². The van der Waals surface area contributed by atoms with Gasteiger partial charge in [-0.25, -0.2) is 0 Å². The topological polar surface area (TPSA) is 24.4 Å². The predicted molar refractivity (Wildman–Crippen MR) is 85.7 cm³/mol. The van der Waals surface area contributed by atoms with E-state index in [2.05, 4.69) is 63.3 Å². The van der Waals surface area contributed by atoms with E-state index >= 15 is 0 Å². The van der Waals surface area contributed by atoms with Gasteiger partial charge in [0, 0.05) is 5.75 Å². The number of aliphatic imine (C=N–C) groups is 1. The monoisotopic (exact) mass is 276 g/mol. The molecule has 2 nitrogen and oxygen atoms in total. The van der Waals surface area contributed by atoms with E-state index < -0.39 is 0 Å². The van der Waals surface area contributed by atoms with Gasteiger partial charge in [0.2, 0.25) is 0 Å². The van der Waals surface area contributed by atoms with Gasteiger partial charge in [0.05, 0.1) is 12.1 Å². The lowest BCUT2D eigenvalue weighted by Crippen LogP contribution is -2.34. The molecule has 2 atom stereocenters. The minimum Gasteiger partial charge on any atom is -0.358 e. The third-order valence-corrected chi connectivity index (χ3v) is 4.48. The molecule has 1 aromatic carbocycles. The number of amidine groups is 1. The summed E-state index contributed by atoms with van der Waals surface area (Å²) in [5.41, 5.74) is 1.56. The highest BCUT2D eigenvalue weighted by Gasteiger charge is 2.27. The molecule has 2 rings (SSSR count). The van der Waals surface area contributed by atoms with Gasteiger partial charge < -0.3 is 5.32 Å². The van der Waals surface area contributed by atoms with Gasteiger partial charge in [-0.15, -0.1) is 0 Å². The van der Waals surface area contributed by atoms with E-state index in [1.807, 2.05) is 11.8 Å². The molecular weight excluding hydrogens is 252 g/mol. The van der Waals surface area contributed by atoms with Crippen LogP contribution in [0.2, 0.25) is 0 Å². The van der Waals surface area contributed by atoms with Gasteiger partial charge in [-0.3, -0.25) is 4.99 Å². The van der Waals surface area contributed by atoms with Gasteiger partial charge in [0.15, 0.2) is 5.17 Å². The van der Waals surface area contributed by atoms with Crippen molar-refractivity contribution in [3.8, 4) is 0 Å². The van der Waals surface area contributed by atoms with Crippen molar-refractivity contribution in [3.63, 3.8) is 0 Å². The fourth-order valence-electron chi connectivity index (χ4n) is 2.23. The highest BCUT2D eigenvalue weighted by Crippen LogP contribution is 2.30. The van der Waals surface area contributed by atoms with Crippen molar-refractivity contribution in [2.45, 2.75) is 46.2 Å². The molecule has 0 spiro atoms. The molecule has 0 fully saturated rings. The predicted octanol–water partition coefficient (Wildman–Crippen LogP) is 4.24. The molecule has 0 amide bonds. The zero-order valence-electron chi connectivity index (χ0n) is 12.3. The second-order valence-electron chi connectivity index (χ2n) is 6.23. The van der Waals surface area contributed by atoms with Gasteiger partial charge in [-0.05, 0) is 24.3 Å². The molecule has 2 unspecified atom stereocenters. The highest BCUT2D eigenvalue weighted by atomic mass is 32.2. The van der Waals surface area contributed by atoms with Gasteiger partial charge >= 0.3 is 0 Å². The number of thioether (sulfide) groups is 1. The molecule has 0 saturated heterocycles. The van der Waals surface area contributed by atoms with E-state index in [9.17, 15) is 0 Å². The first-order valence-corrected chi connectivity index (χ1v) is 7.97. The third-order valence-electron chi connectivity index (χ3n) is 3.54. The minimum absolute atomic E-state index is 0.254. The van der Waals surface area contributed by atoms with Crippen molar-refractivity contribution in [2.24, 2.45) is 10.4 Å². The van der Waals surface area contributed by atoms with Crippen LogP contribution >= 0.6 is 11.8 Å². The molecule has 1 aliphatic heterocycles. The van der Waals surface area contributed by atoms with Crippen LogP contribution in [0.25, 0.3) is 0 Å². The Morgan fingerprint density at radius 1 is 1.26 bits per heavy atom. The summed E-state index contributed by atoms with van der Waals surface area (Å²) in [4.78, 5) is 4.89. The van der Waals surface area contributed by atoms with Crippen LogP contribution in [0.4, 0.5) is 0 Å². The smallest absolute Gasteiger partial charge is 0.157 e. The summed E-state index contributed by atoms with van der Waals surface area (Å²) in [6, 6.07) is 11.3. The van der Waals surface area contributed by atoms with Crippen LogP contribution in [0.3, 0.4) is 0 Å². The first-order chi connectivity index (χ1) is 8.97. The van der Waals surface area contributed by atoms with Gasteiger partial charge in [-0.2, -0.15) is 0 Å². The van der Waals surface area contributed by atoms with Gasteiger partial charge in [-0.1, -0.05) is 62.9 Å². The van der Waals surface area contributed by atoms with Crippen molar-refractivity contribution < 1.29 is 0 Å². The maximum Gasteiger partial charge on any atom is 0.157 e. The SMILES string of the molecule is CC(NC1=NC(C(C)(C)C)CCS1)c1ccccc1. The lowest BCUT2D eigenvalue weighted by atomic mass is 9.85. The molecule has 19 heavy (non-hydrogen) atoms. The van der Waals surface area contributed by atoms with Crippen molar-refractivity contribution >= 4 is 16.9 Å². The van der Waals surface area contributed by atoms with Crippen LogP contribution in [0, 0.1) is 5.41 Å². The van der Waals surface area contributed by atoms with E-state index in [-0.39, 0.29) is 5.41 Å². The third kappa shape index (κ3) is 4.00. The molecule has 3 heteroatoms. The standard InChI is InChI=1S/C16H24N2S/c1-12(13-8-6-5-7-9-13)17-15-18-14(10-11-19-15)16(2,3)4/h5-9,12,14H,10-11H2,1-4H3,(H,17,18). The number of benzene rings is 1. The molecule has 104 valence electrons. The number of hydrogen-bond donors (Lipinski definition) is 1. The van der Waals surface area contributed by atoms with E-state index in [0.29, 0.717) is 12.1 Å². The zero-order chi connectivity index (χ0) is 13.9. The summed E-state index contributed by atoms with van der Waals surface area (Å²) in [5.74, 6) is 1.16. The zero-order valence-corrected chi connectivity index (χ0v) is 13.1. The molecule has 0 radical (unpaired) electrons. The first kappa shape index (κ1) is 14.4. The fourth-order valence-corrected chi connectivity index (χ4v) is 3.22. The Morgan fingerprint density at radius 2 is 1.95 bits per heavy atom. The van der Waals surface area contributed by atoms with Crippen LogP contribution in [-0.4, -0.2) is 17.0 Å². The minimum atomic E-state index is 0.254. The Labute approximate surface area is 121 Å². The van der Waals surface area contributed by atoms with Crippen molar-refractivity contribution in [1.82, 2.24) is 5.32 Å². The molecule has 1 aliphatic rings. The second-order valence-corrected chi connectivity index (χ2v) is 7.31. The van der Waals surface area contributed by atoms with Crippen molar-refractivity contribution in [1.29, 1.82) is 0 Å². The Balaban J connectivity index is 2.04. The Hall–Kier alpha value is -0.960. The average Bonchev–Trinajstić information content (AvgIpc) is 2.39. The molecule has 0 aromatic heterocycles. The first-order valence-electron chi connectivity index (χ1n) is 6.99. The Morgan fingerprint density at radius 3 is 2.58 bits per heavy atom. The van der Waals surface area contributed by atoms with Gasteiger partial charge in [0.1, 0.15) is 0 Å². The fraction of sp³-hybridized carbons (Fsp3) is 0.562. The summed E-state index contributed by atoms with van der Waals surface area (Å²) in [6.07, 6.45) is 1.18. The normalized spacial score (nSPS) is 21.7. The van der Waals surface area contributed by atoms with Crippen LogP contribution in [0.5, 0.6) is 0 Å². The van der Waals surface area contributed by atoms with E-state index in [4.69, 9.17) is 4.99 Å². The number of nitrogens with one attached hydrogen (secondary N) is 1. The quantitative estimate of drug-likeness (QED) is 0.873. The molecule has 0 aliphatic carbocycles. The van der Waals surface area contributed by atoms with E-state index in [1.165, 1.54) is 12.0 Å². The van der Waals surface area contributed by atoms with Crippen LogP contribution in [-0.2, 0) is 0 Å². The number of nitrogens with zero attached hydrogens (tertiary/aromatic N) is 1. The van der Waals surface area contributed by atoms with Crippen LogP contribution < -0.4 is 5.32 Å². The summed E-state index contributed by atoms with van der Waals surface area (Å²) in [5, 5.41) is 4.65. The summed E-state index contributed by atoms with van der Waals surface area (Å²) in [6.45, 7) is 9.01. The lowest BCUT2D eigenvalue weighted by molar-refractivity contribution is 0.315. The lowest BCUT2D eigenvalue weighted by Gasteiger charge is -2.31. The average molecular weight is 276 g/mol. The molecule has 1 aromatic rings. The molecule has 0 saturated carbocycles. The summed E-state index contributed by atoms with van der Waals surface area (Å²) in [7, 11) is 0.